The molecule has 1 aliphatic heterocycles. The van der Waals surface area contributed by atoms with E-state index in [4.69, 9.17) is 9.47 Å². The molecule has 1 amide bonds. The second-order valence-electron chi connectivity index (χ2n) is 5.13. The number of ether oxygens (including phenoxy) is 2. The number of nitrogens with one attached hydrogen (secondary N) is 1. The molecule has 0 radical (unpaired) electrons. The second-order valence-corrected chi connectivity index (χ2v) is 5.98. The quantitative estimate of drug-likeness (QED) is 0.859. The predicted octanol–water partition coefficient (Wildman–Crippen LogP) is 3.73. The fourth-order valence-electron chi connectivity index (χ4n) is 1.79. The van der Waals surface area contributed by atoms with Gasteiger partial charge in [-0.3, -0.25) is 5.32 Å². The first kappa shape index (κ1) is 13.2. The van der Waals surface area contributed by atoms with Crippen molar-refractivity contribution < 1.29 is 14.3 Å². The molecule has 0 aromatic heterocycles. The average molecular weight is 314 g/mol. The number of benzene rings is 1. The van der Waals surface area contributed by atoms with Gasteiger partial charge in [-0.2, -0.15) is 0 Å². The Labute approximate surface area is 115 Å². The van der Waals surface area contributed by atoms with Gasteiger partial charge in [0.1, 0.15) is 11.4 Å². The number of fused-ring (bicyclic) bond motifs is 1. The number of rotatable bonds is 1. The van der Waals surface area contributed by atoms with Gasteiger partial charge >= 0.3 is 6.09 Å². The summed E-state index contributed by atoms with van der Waals surface area (Å²) in [4.78, 5) is 11.7. The van der Waals surface area contributed by atoms with Crippen molar-refractivity contribution in [3.63, 3.8) is 0 Å². The highest BCUT2D eigenvalue weighted by Crippen LogP contribution is 2.38. The Morgan fingerprint density at radius 2 is 2.17 bits per heavy atom. The molecule has 1 aliphatic rings. The molecule has 0 bridgehead atoms. The lowest BCUT2D eigenvalue weighted by Crippen LogP contribution is -2.27. The first-order valence-corrected chi connectivity index (χ1v) is 6.60. The molecule has 0 atom stereocenters. The van der Waals surface area contributed by atoms with E-state index in [1.807, 2.05) is 32.9 Å². The Morgan fingerprint density at radius 1 is 1.44 bits per heavy atom. The van der Waals surface area contributed by atoms with Crippen molar-refractivity contribution in [2.75, 3.05) is 11.9 Å². The van der Waals surface area contributed by atoms with Crippen LogP contribution in [0.1, 0.15) is 26.3 Å². The van der Waals surface area contributed by atoms with Gasteiger partial charge in [0, 0.05) is 12.0 Å². The monoisotopic (exact) mass is 313 g/mol. The third-order valence-electron chi connectivity index (χ3n) is 2.45. The molecule has 1 heterocycles. The lowest BCUT2D eigenvalue weighted by atomic mass is 10.1. The standard InChI is InChI=1S/C13H16BrNO3/c1-13(2,3)18-12(16)15-10-5-4-9(14)11-8(10)6-7-17-11/h4-5H,6-7H2,1-3H3,(H,15,16). The lowest BCUT2D eigenvalue weighted by Gasteiger charge is -2.20. The summed E-state index contributed by atoms with van der Waals surface area (Å²) < 4.78 is 11.6. The van der Waals surface area contributed by atoms with Crippen LogP contribution >= 0.6 is 15.9 Å². The molecule has 5 heteroatoms. The second kappa shape index (κ2) is 4.80. The Balaban J connectivity index is 2.16. The van der Waals surface area contributed by atoms with Crippen molar-refractivity contribution in [3.8, 4) is 5.75 Å². The van der Waals surface area contributed by atoms with Gasteiger partial charge in [0.05, 0.1) is 16.8 Å². The van der Waals surface area contributed by atoms with Crippen molar-refractivity contribution >= 4 is 27.7 Å². The van der Waals surface area contributed by atoms with Crippen LogP contribution in [0, 0.1) is 0 Å². The van der Waals surface area contributed by atoms with Crippen molar-refractivity contribution in [1.29, 1.82) is 0 Å². The van der Waals surface area contributed by atoms with E-state index in [9.17, 15) is 4.79 Å². The maximum Gasteiger partial charge on any atom is 0.412 e. The van der Waals surface area contributed by atoms with Gasteiger partial charge in [-0.15, -0.1) is 0 Å². The van der Waals surface area contributed by atoms with E-state index in [0.29, 0.717) is 6.61 Å². The van der Waals surface area contributed by atoms with Crippen LogP contribution in [0.5, 0.6) is 5.75 Å². The summed E-state index contributed by atoms with van der Waals surface area (Å²) in [5.41, 5.74) is 1.26. The van der Waals surface area contributed by atoms with E-state index in [-0.39, 0.29) is 0 Å². The number of anilines is 1. The van der Waals surface area contributed by atoms with Crippen LogP contribution in [0.25, 0.3) is 0 Å². The number of halogens is 1. The molecule has 98 valence electrons. The molecule has 0 saturated heterocycles. The third kappa shape index (κ3) is 2.96. The molecule has 4 nitrogen and oxygen atoms in total. The fourth-order valence-corrected chi connectivity index (χ4v) is 2.28. The molecule has 0 aliphatic carbocycles. The van der Waals surface area contributed by atoms with E-state index >= 15 is 0 Å². The first-order chi connectivity index (χ1) is 8.37. The number of carbonyl (C=O) groups is 1. The van der Waals surface area contributed by atoms with E-state index in [1.165, 1.54) is 0 Å². The normalized spacial score (nSPS) is 13.8. The molecule has 0 unspecified atom stereocenters. The van der Waals surface area contributed by atoms with Crippen molar-refractivity contribution in [1.82, 2.24) is 0 Å². The zero-order valence-corrected chi connectivity index (χ0v) is 12.3. The van der Waals surface area contributed by atoms with E-state index < -0.39 is 11.7 Å². The van der Waals surface area contributed by atoms with Gasteiger partial charge < -0.3 is 9.47 Å². The minimum absolute atomic E-state index is 0.445. The van der Waals surface area contributed by atoms with E-state index in [1.54, 1.807) is 0 Å². The van der Waals surface area contributed by atoms with Crippen molar-refractivity contribution in [2.24, 2.45) is 0 Å². The van der Waals surface area contributed by atoms with Gasteiger partial charge in [0.15, 0.2) is 0 Å². The third-order valence-corrected chi connectivity index (χ3v) is 3.07. The van der Waals surface area contributed by atoms with Gasteiger partial charge in [-0.1, -0.05) is 0 Å². The zero-order chi connectivity index (χ0) is 13.3. The highest BCUT2D eigenvalue weighted by Gasteiger charge is 2.22. The molecule has 1 N–H and O–H groups in total. The number of amides is 1. The van der Waals surface area contributed by atoms with Crippen molar-refractivity contribution in [3.05, 3.63) is 22.2 Å². The van der Waals surface area contributed by atoms with Gasteiger partial charge in [0.2, 0.25) is 0 Å². The summed E-state index contributed by atoms with van der Waals surface area (Å²) in [5, 5.41) is 2.76. The fraction of sp³-hybridized carbons (Fsp3) is 0.462. The Kier molecular flexibility index (Phi) is 3.52. The molecule has 0 saturated carbocycles. The van der Waals surface area contributed by atoms with Crippen LogP contribution in [0.15, 0.2) is 16.6 Å². The largest absolute Gasteiger partial charge is 0.492 e. The number of hydrogen-bond donors (Lipinski definition) is 1. The molecule has 1 aromatic carbocycles. The van der Waals surface area contributed by atoms with E-state index in [2.05, 4.69) is 21.2 Å². The number of hydrogen-bond acceptors (Lipinski definition) is 3. The van der Waals surface area contributed by atoms with Crippen LogP contribution in [0.3, 0.4) is 0 Å². The van der Waals surface area contributed by atoms with Crippen LogP contribution in [-0.2, 0) is 11.2 Å². The predicted molar refractivity (Wildman–Crippen MR) is 73.2 cm³/mol. The van der Waals surface area contributed by atoms with E-state index in [0.717, 1.165) is 27.9 Å². The summed E-state index contributed by atoms with van der Waals surface area (Å²) in [6.07, 6.45) is 0.346. The molecule has 0 spiro atoms. The highest BCUT2D eigenvalue weighted by atomic mass is 79.9. The smallest absolute Gasteiger partial charge is 0.412 e. The maximum absolute atomic E-state index is 11.7. The zero-order valence-electron chi connectivity index (χ0n) is 10.7. The maximum atomic E-state index is 11.7. The Morgan fingerprint density at radius 3 is 2.83 bits per heavy atom. The Bertz CT molecular complexity index is 480. The van der Waals surface area contributed by atoms with Crippen LogP contribution in [0.4, 0.5) is 10.5 Å². The van der Waals surface area contributed by atoms with Crippen LogP contribution in [0.2, 0.25) is 0 Å². The highest BCUT2D eigenvalue weighted by molar-refractivity contribution is 9.10. The molecule has 2 rings (SSSR count). The van der Waals surface area contributed by atoms with Crippen molar-refractivity contribution in [2.45, 2.75) is 32.8 Å². The minimum Gasteiger partial charge on any atom is -0.492 e. The summed E-state index contributed by atoms with van der Waals surface area (Å²) in [6, 6.07) is 3.71. The first-order valence-electron chi connectivity index (χ1n) is 5.81. The van der Waals surface area contributed by atoms with Crippen LogP contribution < -0.4 is 10.1 Å². The average Bonchev–Trinajstić information content (AvgIpc) is 2.69. The van der Waals surface area contributed by atoms with Gasteiger partial charge in [-0.25, -0.2) is 4.79 Å². The van der Waals surface area contributed by atoms with Crippen LogP contribution in [-0.4, -0.2) is 18.3 Å². The molecular weight excluding hydrogens is 298 g/mol. The minimum atomic E-state index is -0.501. The summed E-state index contributed by atoms with van der Waals surface area (Å²) in [7, 11) is 0. The Hall–Kier alpha value is -1.23. The van der Waals surface area contributed by atoms with Gasteiger partial charge in [-0.05, 0) is 48.8 Å². The molecule has 0 fully saturated rings. The molecule has 1 aromatic rings. The summed E-state index contributed by atoms with van der Waals surface area (Å²) in [6.45, 7) is 6.14. The van der Waals surface area contributed by atoms with Gasteiger partial charge in [0.25, 0.3) is 0 Å². The summed E-state index contributed by atoms with van der Waals surface area (Å²) >= 11 is 3.43. The SMILES string of the molecule is CC(C)(C)OC(=O)Nc1ccc(Br)c2c1CCO2. The topological polar surface area (TPSA) is 47.6 Å². The molecule has 18 heavy (non-hydrogen) atoms. The molecular formula is C13H16BrNO3. The number of carbonyl (C=O) groups excluding carboxylic acids is 1. The lowest BCUT2D eigenvalue weighted by molar-refractivity contribution is 0.0636. The summed E-state index contributed by atoms with van der Waals surface area (Å²) in [5.74, 6) is 0.809.